The number of ether oxygens (including phenoxy) is 2. The Morgan fingerprint density at radius 2 is 1.61 bits per heavy atom. The van der Waals surface area contributed by atoms with E-state index in [0.717, 1.165) is 0 Å². The van der Waals surface area contributed by atoms with Gasteiger partial charge in [-0.3, -0.25) is 9.42 Å². The molecule has 0 aliphatic rings. The van der Waals surface area contributed by atoms with Gasteiger partial charge in [0.2, 0.25) is 5.69 Å². The van der Waals surface area contributed by atoms with E-state index in [1.165, 1.54) is 30.3 Å². The second-order valence-electron chi connectivity index (χ2n) is 8.54. The molecule has 4 aromatic rings. The Morgan fingerprint density at radius 1 is 0.976 bits per heavy atom. The molecule has 0 fully saturated rings. The minimum absolute atomic E-state index is 0.000333. The van der Waals surface area contributed by atoms with Crippen molar-refractivity contribution in [3.05, 3.63) is 107 Å². The SMILES string of the molecule is NC(=S)c1ccc(OC(=O)/C=C/c2ccc(OC(=O)CCCc3no[n+]([O-])c3S(=O)(=O)c3ccccc3)cc2)cc1. The first-order valence-electron chi connectivity index (χ1n) is 12.1. The summed E-state index contributed by atoms with van der Waals surface area (Å²) in [5.74, 6) is -0.535. The summed E-state index contributed by atoms with van der Waals surface area (Å²) in [6, 6.07) is 20.3. The number of sulfone groups is 1. The molecule has 1 aromatic heterocycles. The topological polar surface area (TPSA) is 166 Å². The smallest absolute Gasteiger partial charge is 0.336 e. The number of benzene rings is 3. The van der Waals surface area contributed by atoms with Crippen molar-refractivity contribution in [2.75, 3.05) is 0 Å². The molecule has 0 saturated heterocycles. The van der Waals surface area contributed by atoms with E-state index in [1.807, 2.05) is 0 Å². The van der Waals surface area contributed by atoms with Gasteiger partial charge in [0.1, 0.15) is 16.5 Å². The molecule has 13 heteroatoms. The van der Waals surface area contributed by atoms with Crippen LogP contribution in [0.2, 0.25) is 0 Å². The average Bonchev–Trinajstić information content (AvgIpc) is 3.34. The van der Waals surface area contributed by atoms with E-state index >= 15 is 0 Å². The Bertz CT molecular complexity index is 1680. The minimum atomic E-state index is -4.16. The fourth-order valence-electron chi connectivity index (χ4n) is 3.62. The van der Waals surface area contributed by atoms with Gasteiger partial charge in [0.15, 0.2) is 0 Å². The average molecular weight is 594 g/mol. The fraction of sp³-hybridized carbons (Fsp3) is 0.107. The first-order chi connectivity index (χ1) is 19.6. The van der Waals surface area contributed by atoms with Crippen LogP contribution in [-0.2, 0) is 25.8 Å². The molecule has 11 nitrogen and oxygen atoms in total. The van der Waals surface area contributed by atoms with Crippen molar-refractivity contribution in [1.82, 2.24) is 5.16 Å². The van der Waals surface area contributed by atoms with Gasteiger partial charge in [-0.2, -0.15) is 0 Å². The molecule has 0 aliphatic carbocycles. The summed E-state index contributed by atoms with van der Waals surface area (Å²) in [7, 11) is -4.16. The minimum Gasteiger partial charge on any atom is -0.427 e. The van der Waals surface area contributed by atoms with Gasteiger partial charge < -0.3 is 20.4 Å². The van der Waals surface area contributed by atoms with Gasteiger partial charge in [0.05, 0.1) is 4.90 Å². The number of aromatic nitrogens is 2. The lowest BCUT2D eigenvalue weighted by atomic mass is 10.2. The summed E-state index contributed by atoms with van der Waals surface area (Å²) in [5, 5.41) is 14.9. The number of hydrogen-bond acceptors (Lipinski definition) is 10. The monoisotopic (exact) mass is 593 g/mol. The van der Waals surface area contributed by atoms with Gasteiger partial charge in [0.25, 0.3) is 9.84 Å². The summed E-state index contributed by atoms with van der Waals surface area (Å²) in [5.41, 5.74) is 6.78. The molecule has 0 spiro atoms. The molecule has 0 bridgehead atoms. The van der Waals surface area contributed by atoms with E-state index < -0.39 is 26.8 Å². The maximum absolute atomic E-state index is 12.8. The highest BCUT2D eigenvalue weighted by molar-refractivity contribution is 7.91. The number of thiocarbonyl (C=S) groups is 1. The highest BCUT2D eigenvalue weighted by Gasteiger charge is 2.33. The maximum Gasteiger partial charge on any atom is 0.336 e. The standard InChI is InChI=1S/C28H23N3O8S2/c29-27(40)20-12-16-22(17-13-20)38-26(33)18-11-19-9-14-21(15-10-19)37-25(32)8-4-7-24-28(31(34)39-30-24)41(35,36)23-5-2-1-3-6-23/h1-3,5-6,9-18H,4,7-8H2,(H2,29,40)/b18-11+. The lowest BCUT2D eigenvalue weighted by Crippen LogP contribution is -2.31. The van der Waals surface area contributed by atoms with Crippen LogP contribution in [0.25, 0.3) is 6.08 Å². The number of carbonyl (C=O) groups excluding carboxylic acids is 2. The Kier molecular flexibility index (Phi) is 9.22. The molecule has 4 rings (SSSR count). The van der Waals surface area contributed by atoms with Crippen LogP contribution in [0.1, 0.15) is 29.7 Å². The Labute approximate surface area is 240 Å². The molecule has 0 saturated carbocycles. The van der Waals surface area contributed by atoms with Crippen LogP contribution in [0.4, 0.5) is 0 Å². The van der Waals surface area contributed by atoms with Gasteiger partial charge in [-0.1, -0.05) is 42.5 Å². The number of carbonyl (C=O) groups is 2. The number of esters is 2. The van der Waals surface area contributed by atoms with E-state index in [9.17, 15) is 23.2 Å². The summed E-state index contributed by atoms with van der Waals surface area (Å²) < 4.78 is 40.7. The van der Waals surface area contributed by atoms with Crippen LogP contribution in [0, 0.1) is 5.21 Å². The summed E-state index contributed by atoms with van der Waals surface area (Å²) in [4.78, 5) is 24.4. The third-order valence-corrected chi connectivity index (χ3v) is 7.64. The molecule has 0 unspecified atom stereocenters. The van der Waals surface area contributed by atoms with Crippen molar-refractivity contribution in [3.8, 4) is 11.5 Å². The van der Waals surface area contributed by atoms with Crippen LogP contribution >= 0.6 is 12.2 Å². The van der Waals surface area contributed by atoms with Crippen LogP contribution in [0.3, 0.4) is 0 Å². The molecule has 41 heavy (non-hydrogen) atoms. The van der Waals surface area contributed by atoms with Gasteiger partial charge in [-0.25, -0.2) is 13.2 Å². The van der Waals surface area contributed by atoms with Crippen molar-refractivity contribution in [1.29, 1.82) is 0 Å². The molecule has 0 atom stereocenters. The zero-order valence-corrected chi connectivity index (χ0v) is 23.0. The van der Waals surface area contributed by atoms with Crippen LogP contribution in [0.5, 0.6) is 11.5 Å². The molecule has 0 radical (unpaired) electrons. The molecule has 0 aliphatic heterocycles. The zero-order valence-electron chi connectivity index (χ0n) is 21.3. The molecule has 210 valence electrons. The van der Waals surface area contributed by atoms with Crippen molar-refractivity contribution in [2.45, 2.75) is 29.2 Å². The van der Waals surface area contributed by atoms with Crippen LogP contribution < -0.4 is 20.1 Å². The predicted molar refractivity (Wildman–Crippen MR) is 149 cm³/mol. The first-order valence-corrected chi connectivity index (χ1v) is 14.0. The zero-order chi connectivity index (χ0) is 29.4. The first kappa shape index (κ1) is 29.1. The normalized spacial score (nSPS) is 11.3. The van der Waals surface area contributed by atoms with Crippen LogP contribution in [-0.4, -0.2) is 30.5 Å². The lowest BCUT2D eigenvalue weighted by Gasteiger charge is -2.05. The summed E-state index contributed by atoms with van der Waals surface area (Å²) >= 11 is 4.89. The molecule has 3 aromatic carbocycles. The van der Waals surface area contributed by atoms with E-state index in [-0.39, 0.29) is 45.5 Å². The largest absolute Gasteiger partial charge is 0.427 e. The molecule has 2 N–H and O–H groups in total. The number of hydrogen-bond donors (Lipinski definition) is 1. The van der Waals surface area contributed by atoms with Crippen molar-refractivity contribution < 1.29 is 37.0 Å². The Balaban J connectivity index is 1.27. The summed E-state index contributed by atoms with van der Waals surface area (Å²) in [6.45, 7) is 0. The summed E-state index contributed by atoms with van der Waals surface area (Å²) in [6.07, 6.45) is 2.89. The molecular formula is C28H23N3O8S2. The fourth-order valence-corrected chi connectivity index (χ4v) is 5.17. The molecule has 0 amide bonds. The third-order valence-electron chi connectivity index (χ3n) is 5.62. The predicted octanol–water partition coefficient (Wildman–Crippen LogP) is 3.32. The second-order valence-corrected chi connectivity index (χ2v) is 10.8. The maximum atomic E-state index is 12.8. The third kappa shape index (κ3) is 7.62. The van der Waals surface area contributed by atoms with Gasteiger partial charge in [0, 0.05) is 29.6 Å². The van der Waals surface area contributed by atoms with Gasteiger partial charge >= 0.3 is 17.0 Å². The number of rotatable bonds is 11. The van der Waals surface area contributed by atoms with Crippen molar-refractivity contribution in [2.24, 2.45) is 5.73 Å². The quantitative estimate of drug-likeness (QED) is 0.0891. The van der Waals surface area contributed by atoms with Crippen molar-refractivity contribution in [3.63, 3.8) is 0 Å². The lowest BCUT2D eigenvalue weighted by molar-refractivity contribution is -0.832. The number of aryl methyl sites for hydroxylation is 1. The van der Waals surface area contributed by atoms with Crippen LogP contribution in [0.15, 0.2) is 99.5 Å². The van der Waals surface area contributed by atoms with Gasteiger partial charge in [-0.05, 0) is 71.5 Å². The highest BCUT2D eigenvalue weighted by Crippen LogP contribution is 2.22. The van der Waals surface area contributed by atoms with E-state index in [0.29, 0.717) is 16.9 Å². The Morgan fingerprint density at radius 3 is 2.27 bits per heavy atom. The Hall–Kier alpha value is -4.88. The highest BCUT2D eigenvalue weighted by atomic mass is 32.2. The van der Waals surface area contributed by atoms with E-state index in [1.54, 1.807) is 60.7 Å². The number of nitrogens with two attached hydrogens (primary N) is 1. The molecule has 1 heterocycles. The second kappa shape index (κ2) is 13.0. The molecular weight excluding hydrogens is 570 g/mol. The van der Waals surface area contributed by atoms with E-state index in [4.69, 9.17) is 27.4 Å². The van der Waals surface area contributed by atoms with Gasteiger partial charge in [-0.15, -0.1) is 0 Å². The van der Waals surface area contributed by atoms with E-state index in [2.05, 4.69) is 9.79 Å². The van der Waals surface area contributed by atoms with Crippen molar-refractivity contribution >= 4 is 45.1 Å². The number of nitrogens with zero attached hydrogens (tertiary/aromatic N) is 2.